The third kappa shape index (κ3) is 1.68. The minimum Gasteiger partial charge on any atom is -0.344 e. The summed E-state index contributed by atoms with van der Waals surface area (Å²) in [5.41, 5.74) is 7.27. The molecule has 4 N–H and O–H groups in total. The number of nitrogens with zero attached hydrogens (tertiary/aromatic N) is 1. The average molecular weight is 206 g/mol. The van der Waals surface area contributed by atoms with Crippen LogP contribution in [0.2, 0.25) is 0 Å². The van der Waals surface area contributed by atoms with E-state index in [1.807, 2.05) is 6.20 Å². The van der Waals surface area contributed by atoms with Crippen LogP contribution in [-0.2, 0) is 5.54 Å². The molecule has 4 nitrogen and oxygen atoms in total. The second kappa shape index (κ2) is 3.32. The molecule has 0 bridgehead atoms. The molecule has 3 rings (SSSR count). The zero-order chi connectivity index (χ0) is 10.3. The molecule has 4 heteroatoms. The van der Waals surface area contributed by atoms with Gasteiger partial charge in [0, 0.05) is 17.8 Å². The number of nitrogens with one attached hydrogen (secondary N) is 2. The molecule has 2 fully saturated rings. The van der Waals surface area contributed by atoms with Crippen LogP contribution in [-0.4, -0.2) is 23.1 Å². The van der Waals surface area contributed by atoms with Gasteiger partial charge in [0.2, 0.25) is 0 Å². The highest BCUT2D eigenvalue weighted by Gasteiger charge is 2.43. The van der Waals surface area contributed by atoms with Gasteiger partial charge in [0.15, 0.2) is 0 Å². The summed E-state index contributed by atoms with van der Waals surface area (Å²) in [6.07, 6.45) is 6.55. The van der Waals surface area contributed by atoms with Gasteiger partial charge in [-0.15, -0.1) is 0 Å². The Bertz CT molecular complexity index is 347. The van der Waals surface area contributed by atoms with E-state index >= 15 is 0 Å². The summed E-state index contributed by atoms with van der Waals surface area (Å²) >= 11 is 0. The molecule has 1 saturated heterocycles. The van der Waals surface area contributed by atoms with Crippen LogP contribution in [0.25, 0.3) is 0 Å². The summed E-state index contributed by atoms with van der Waals surface area (Å²) in [5.74, 6) is 1.64. The molecule has 1 aliphatic carbocycles. The predicted octanol–water partition coefficient (Wildman–Crippen LogP) is 0.824. The standard InChI is InChI=1S/C11H18N4/c12-11(3-4-11)10-14-7-9(15-10)8-1-5-13-6-2-8/h7-8,13H,1-6,12H2,(H,14,15). The van der Waals surface area contributed by atoms with E-state index in [-0.39, 0.29) is 5.54 Å². The normalized spacial score (nSPS) is 25.4. The highest BCUT2D eigenvalue weighted by atomic mass is 15.0. The van der Waals surface area contributed by atoms with E-state index in [0.717, 1.165) is 31.8 Å². The number of aromatic amines is 1. The smallest absolute Gasteiger partial charge is 0.126 e. The number of H-pyrrole nitrogens is 1. The van der Waals surface area contributed by atoms with Crippen LogP contribution in [0, 0.1) is 0 Å². The predicted molar refractivity (Wildman–Crippen MR) is 58.5 cm³/mol. The second-order valence-corrected chi connectivity index (χ2v) is 4.87. The molecule has 1 saturated carbocycles. The lowest BCUT2D eigenvalue weighted by molar-refractivity contribution is 0.453. The van der Waals surface area contributed by atoms with Gasteiger partial charge in [0.05, 0.1) is 5.54 Å². The molecule has 0 aromatic carbocycles. The summed E-state index contributed by atoms with van der Waals surface area (Å²) in [6.45, 7) is 2.24. The van der Waals surface area contributed by atoms with Crippen molar-refractivity contribution in [2.75, 3.05) is 13.1 Å². The Hall–Kier alpha value is -0.870. The molecule has 0 radical (unpaired) electrons. The van der Waals surface area contributed by atoms with E-state index in [1.54, 1.807) is 0 Å². The summed E-state index contributed by atoms with van der Waals surface area (Å²) in [5, 5.41) is 3.37. The van der Waals surface area contributed by atoms with Crippen LogP contribution >= 0.6 is 0 Å². The number of hydrogen-bond acceptors (Lipinski definition) is 3. The monoisotopic (exact) mass is 206 g/mol. The minimum absolute atomic E-state index is 0.120. The summed E-state index contributed by atoms with van der Waals surface area (Å²) in [4.78, 5) is 7.85. The van der Waals surface area contributed by atoms with Crippen molar-refractivity contribution in [3.05, 3.63) is 17.7 Å². The Labute approximate surface area is 89.7 Å². The Morgan fingerprint density at radius 1 is 1.33 bits per heavy atom. The van der Waals surface area contributed by atoms with Crippen LogP contribution in [0.5, 0.6) is 0 Å². The molecular formula is C11H18N4. The van der Waals surface area contributed by atoms with Crippen molar-refractivity contribution in [1.82, 2.24) is 15.3 Å². The molecule has 82 valence electrons. The van der Waals surface area contributed by atoms with E-state index in [4.69, 9.17) is 5.73 Å². The van der Waals surface area contributed by atoms with Gasteiger partial charge >= 0.3 is 0 Å². The first-order valence-electron chi connectivity index (χ1n) is 5.83. The van der Waals surface area contributed by atoms with Crippen molar-refractivity contribution in [2.45, 2.75) is 37.1 Å². The van der Waals surface area contributed by atoms with Gasteiger partial charge in [0.1, 0.15) is 5.82 Å². The SMILES string of the molecule is NC1(c2ncc(C3CCNCC3)[nH]2)CC1. The van der Waals surface area contributed by atoms with Crippen LogP contribution in [0.15, 0.2) is 6.20 Å². The Balaban J connectivity index is 1.77. The van der Waals surface area contributed by atoms with Crippen LogP contribution in [0.4, 0.5) is 0 Å². The van der Waals surface area contributed by atoms with Gasteiger partial charge in [-0.2, -0.15) is 0 Å². The molecule has 0 atom stereocenters. The van der Waals surface area contributed by atoms with Gasteiger partial charge in [-0.1, -0.05) is 0 Å². The molecular weight excluding hydrogens is 188 g/mol. The fourth-order valence-corrected chi connectivity index (χ4v) is 2.30. The summed E-state index contributed by atoms with van der Waals surface area (Å²) in [7, 11) is 0. The van der Waals surface area contributed by atoms with Crippen molar-refractivity contribution < 1.29 is 0 Å². The van der Waals surface area contributed by atoms with E-state index in [1.165, 1.54) is 18.5 Å². The highest BCUT2D eigenvalue weighted by molar-refractivity contribution is 5.19. The summed E-state index contributed by atoms with van der Waals surface area (Å²) in [6, 6.07) is 0. The molecule has 0 unspecified atom stereocenters. The van der Waals surface area contributed by atoms with Gasteiger partial charge in [-0.25, -0.2) is 4.98 Å². The molecule has 2 heterocycles. The lowest BCUT2D eigenvalue weighted by Gasteiger charge is -2.21. The van der Waals surface area contributed by atoms with Gasteiger partial charge in [-0.3, -0.25) is 0 Å². The van der Waals surface area contributed by atoms with E-state index in [0.29, 0.717) is 5.92 Å². The van der Waals surface area contributed by atoms with Crippen molar-refractivity contribution in [3.63, 3.8) is 0 Å². The molecule has 0 amide bonds. The zero-order valence-corrected chi connectivity index (χ0v) is 8.92. The highest BCUT2D eigenvalue weighted by Crippen LogP contribution is 2.41. The van der Waals surface area contributed by atoms with Crippen molar-refractivity contribution in [3.8, 4) is 0 Å². The number of nitrogens with two attached hydrogens (primary N) is 1. The van der Waals surface area contributed by atoms with E-state index in [9.17, 15) is 0 Å². The van der Waals surface area contributed by atoms with E-state index in [2.05, 4.69) is 15.3 Å². The first-order chi connectivity index (χ1) is 7.28. The van der Waals surface area contributed by atoms with Crippen molar-refractivity contribution in [1.29, 1.82) is 0 Å². The van der Waals surface area contributed by atoms with Gasteiger partial charge < -0.3 is 16.0 Å². The minimum atomic E-state index is -0.120. The maximum Gasteiger partial charge on any atom is 0.126 e. The number of rotatable bonds is 2. The zero-order valence-electron chi connectivity index (χ0n) is 8.92. The van der Waals surface area contributed by atoms with Crippen LogP contribution in [0.3, 0.4) is 0 Å². The number of hydrogen-bond donors (Lipinski definition) is 3. The van der Waals surface area contributed by atoms with Gasteiger partial charge in [-0.05, 0) is 38.8 Å². The third-order valence-electron chi connectivity index (χ3n) is 3.63. The first kappa shape index (κ1) is 9.36. The topological polar surface area (TPSA) is 66.7 Å². The molecule has 1 aliphatic heterocycles. The van der Waals surface area contributed by atoms with Gasteiger partial charge in [0.25, 0.3) is 0 Å². The summed E-state index contributed by atoms with van der Waals surface area (Å²) < 4.78 is 0. The quantitative estimate of drug-likeness (QED) is 0.671. The number of aromatic nitrogens is 2. The van der Waals surface area contributed by atoms with E-state index < -0.39 is 0 Å². The van der Waals surface area contributed by atoms with Crippen LogP contribution < -0.4 is 11.1 Å². The largest absolute Gasteiger partial charge is 0.344 e. The molecule has 2 aliphatic rings. The molecule has 0 spiro atoms. The Morgan fingerprint density at radius 3 is 2.73 bits per heavy atom. The average Bonchev–Trinajstić information content (AvgIpc) is 2.85. The van der Waals surface area contributed by atoms with Crippen molar-refractivity contribution >= 4 is 0 Å². The third-order valence-corrected chi connectivity index (χ3v) is 3.63. The number of piperidine rings is 1. The van der Waals surface area contributed by atoms with Crippen molar-refractivity contribution in [2.24, 2.45) is 5.73 Å². The maximum absolute atomic E-state index is 6.10. The fourth-order valence-electron chi connectivity index (χ4n) is 2.30. The molecule has 15 heavy (non-hydrogen) atoms. The molecule has 1 aromatic rings. The first-order valence-corrected chi connectivity index (χ1v) is 5.83. The Morgan fingerprint density at radius 2 is 2.07 bits per heavy atom. The Kier molecular flexibility index (Phi) is 2.07. The fraction of sp³-hybridized carbons (Fsp3) is 0.727. The lowest BCUT2D eigenvalue weighted by Crippen LogP contribution is -2.27. The second-order valence-electron chi connectivity index (χ2n) is 4.87. The van der Waals surface area contributed by atoms with Crippen LogP contribution in [0.1, 0.15) is 43.1 Å². The molecule has 1 aromatic heterocycles. The lowest BCUT2D eigenvalue weighted by atomic mass is 9.95. The number of imidazole rings is 1. The maximum atomic E-state index is 6.10.